The maximum atomic E-state index is 15.5. The first-order valence-corrected chi connectivity index (χ1v) is 21.8. The second kappa shape index (κ2) is 16.6. The predicted molar refractivity (Wildman–Crippen MR) is 227 cm³/mol. The molecule has 2 saturated heterocycles. The van der Waals surface area contributed by atoms with Gasteiger partial charge in [-0.15, -0.1) is 0 Å². The normalized spacial score (nSPS) is 31.9. The number of phenols is 1. The highest BCUT2D eigenvalue weighted by Gasteiger charge is 2.71. The zero-order valence-electron chi connectivity index (χ0n) is 36.7. The van der Waals surface area contributed by atoms with E-state index in [9.17, 15) is 19.8 Å². The van der Waals surface area contributed by atoms with Crippen LogP contribution >= 0.6 is 0 Å². The van der Waals surface area contributed by atoms with Crippen LogP contribution in [-0.4, -0.2) is 113 Å². The Balaban J connectivity index is 1.33. The van der Waals surface area contributed by atoms with Gasteiger partial charge in [0.25, 0.3) is 0 Å². The first-order valence-electron chi connectivity index (χ1n) is 21.8. The van der Waals surface area contributed by atoms with E-state index < -0.39 is 40.5 Å². The van der Waals surface area contributed by atoms with E-state index in [1.165, 1.54) is 5.57 Å². The van der Waals surface area contributed by atoms with Gasteiger partial charge in [-0.25, -0.2) is 0 Å². The van der Waals surface area contributed by atoms with Crippen molar-refractivity contribution in [1.82, 2.24) is 9.80 Å². The van der Waals surface area contributed by atoms with Crippen LogP contribution in [0.2, 0.25) is 0 Å². The fourth-order valence-corrected chi connectivity index (χ4v) is 10.5. The van der Waals surface area contributed by atoms with E-state index in [0.717, 1.165) is 12.0 Å². The molecule has 4 heterocycles. The van der Waals surface area contributed by atoms with Crippen LogP contribution in [0.3, 0.4) is 0 Å². The molecule has 0 radical (unpaired) electrons. The van der Waals surface area contributed by atoms with E-state index in [4.69, 9.17) is 18.9 Å². The SMILES string of the molecule is CC(C)=CCCC1(C)C=Cc2c(O)c3c(c(CC=C(C)C)c2O1)OC(C1C2CC2C(=O)C(O)(C/C=C(/C)C(=O)N2CCOCC2)C1(C)C)C(C(C)N1CCOCC1)C3=O. The van der Waals surface area contributed by atoms with Crippen LogP contribution in [0, 0.1) is 29.1 Å². The first-order chi connectivity index (χ1) is 27.9. The van der Waals surface area contributed by atoms with Crippen LogP contribution in [-0.2, 0) is 25.5 Å². The average Bonchev–Trinajstić information content (AvgIpc) is 3.99. The number of phenolic OH excluding ortho intramolecular Hbond substituents is 1. The minimum Gasteiger partial charge on any atom is -0.506 e. The third kappa shape index (κ3) is 7.97. The van der Waals surface area contributed by atoms with Crippen LogP contribution < -0.4 is 9.47 Å². The number of ketones is 2. The van der Waals surface area contributed by atoms with E-state index in [2.05, 4.69) is 37.8 Å². The second-order valence-corrected chi connectivity index (χ2v) is 19.2. The Kier molecular flexibility index (Phi) is 12.2. The van der Waals surface area contributed by atoms with Gasteiger partial charge in [-0.3, -0.25) is 19.3 Å². The molecule has 7 rings (SSSR count). The molecule has 0 spiro atoms. The topological polar surface area (TPSA) is 135 Å². The van der Waals surface area contributed by atoms with Crippen LogP contribution in [0.25, 0.3) is 6.08 Å². The molecule has 1 amide bonds. The van der Waals surface area contributed by atoms with Crippen LogP contribution in [0.1, 0.15) is 109 Å². The lowest BCUT2D eigenvalue weighted by molar-refractivity contribution is -0.177. The molecular weight excluding hydrogens is 749 g/mol. The number of carbonyl (C=O) groups is 3. The van der Waals surface area contributed by atoms with E-state index in [1.807, 2.05) is 46.8 Å². The lowest BCUT2D eigenvalue weighted by Gasteiger charge is -2.54. The summed E-state index contributed by atoms with van der Waals surface area (Å²) in [5.41, 5.74) is 0.562. The number of aromatic hydroxyl groups is 1. The smallest absolute Gasteiger partial charge is 0.249 e. The van der Waals surface area contributed by atoms with Gasteiger partial charge in [0.05, 0.1) is 37.9 Å². The summed E-state index contributed by atoms with van der Waals surface area (Å²) in [7, 11) is 0. The number of amides is 1. The molecular formula is C48H66N2O9. The molecule has 0 bridgehead atoms. The molecule has 2 aliphatic carbocycles. The molecule has 1 aromatic rings. The Morgan fingerprint density at radius 3 is 2.22 bits per heavy atom. The number of hydrogen-bond donors (Lipinski definition) is 2. The molecule has 2 saturated carbocycles. The van der Waals surface area contributed by atoms with Gasteiger partial charge in [0.15, 0.2) is 11.6 Å². The van der Waals surface area contributed by atoms with E-state index in [1.54, 1.807) is 17.9 Å². The fourth-order valence-electron chi connectivity index (χ4n) is 10.5. The van der Waals surface area contributed by atoms with E-state index in [0.29, 0.717) is 100 Å². The molecule has 59 heavy (non-hydrogen) atoms. The van der Waals surface area contributed by atoms with Gasteiger partial charge in [0.2, 0.25) is 5.91 Å². The Hall–Kier alpha value is -3.77. The van der Waals surface area contributed by atoms with Crippen LogP contribution in [0.5, 0.6) is 17.2 Å². The van der Waals surface area contributed by atoms with Crippen LogP contribution in [0.4, 0.5) is 0 Å². The van der Waals surface area contributed by atoms with Crippen molar-refractivity contribution in [2.75, 3.05) is 52.6 Å². The minimum absolute atomic E-state index is 0.0347. The standard InChI is InChI=1S/C48H66N2O9/c1-28(2)11-10-16-47(9)17-15-32-39(51)37-40(52)36(31(6)49-19-23-56-24-20-49)43(58-42(37)33(41(32)59-47)13-12-29(3)4)38-34-27-35(34)44(53)48(55,46(38,7)8)18-14-30(5)45(54)50-21-25-57-26-22-50/h11-12,14-15,17,31,34-36,38,43,51,55H,10,13,16,18-27H2,1-9H3/b30-14-. The Morgan fingerprint density at radius 1 is 0.932 bits per heavy atom. The number of fused-ring (bicyclic) bond motifs is 3. The summed E-state index contributed by atoms with van der Waals surface area (Å²) < 4.78 is 25.4. The van der Waals surface area contributed by atoms with Crippen molar-refractivity contribution in [3.63, 3.8) is 0 Å². The molecule has 11 nitrogen and oxygen atoms in total. The average molecular weight is 815 g/mol. The zero-order chi connectivity index (χ0) is 42.6. The first kappa shape index (κ1) is 43.3. The van der Waals surface area contributed by atoms with Gasteiger partial charge in [0, 0.05) is 67.0 Å². The number of benzene rings is 1. The largest absolute Gasteiger partial charge is 0.506 e. The summed E-state index contributed by atoms with van der Waals surface area (Å²) in [6.45, 7) is 22.2. The molecule has 8 unspecified atom stereocenters. The molecule has 322 valence electrons. The molecule has 4 fully saturated rings. The number of Topliss-reactive ketones (excluding diaryl/α,β-unsaturated/α-hetero) is 2. The number of aliphatic hydroxyl groups is 1. The summed E-state index contributed by atoms with van der Waals surface area (Å²) in [6.07, 6.45) is 11.6. The maximum absolute atomic E-state index is 15.5. The Labute approximate surface area is 350 Å². The third-order valence-electron chi connectivity index (χ3n) is 14.3. The third-order valence-corrected chi connectivity index (χ3v) is 14.3. The molecule has 11 heteroatoms. The van der Waals surface area contributed by atoms with Crippen molar-refractivity contribution in [3.05, 3.63) is 57.7 Å². The monoisotopic (exact) mass is 814 g/mol. The van der Waals surface area contributed by atoms with Crippen molar-refractivity contribution in [2.24, 2.45) is 29.1 Å². The lowest BCUT2D eigenvalue weighted by Crippen LogP contribution is -2.65. The van der Waals surface area contributed by atoms with Gasteiger partial charge in [-0.05, 0) is 92.2 Å². The van der Waals surface area contributed by atoms with Gasteiger partial charge in [0.1, 0.15) is 40.1 Å². The lowest BCUT2D eigenvalue weighted by atomic mass is 9.54. The highest BCUT2D eigenvalue weighted by molar-refractivity contribution is 6.07. The number of morpholine rings is 2. The number of allylic oxidation sites excluding steroid dienone is 4. The van der Waals surface area contributed by atoms with Gasteiger partial charge >= 0.3 is 0 Å². The molecule has 1 aromatic carbocycles. The maximum Gasteiger partial charge on any atom is 0.249 e. The quantitative estimate of drug-likeness (QED) is 0.180. The minimum atomic E-state index is -1.83. The van der Waals surface area contributed by atoms with Crippen molar-refractivity contribution in [1.29, 1.82) is 0 Å². The summed E-state index contributed by atoms with van der Waals surface area (Å²) in [4.78, 5) is 47.3. The van der Waals surface area contributed by atoms with Gasteiger partial charge in [-0.2, -0.15) is 0 Å². The zero-order valence-corrected chi connectivity index (χ0v) is 36.7. The summed E-state index contributed by atoms with van der Waals surface area (Å²) in [6, 6.07) is -0.307. The summed E-state index contributed by atoms with van der Waals surface area (Å²) >= 11 is 0. The predicted octanol–water partition coefficient (Wildman–Crippen LogP) is 6.88. The van der Waals surface area contributed by atoms with Crippen molar-refractivity contribution >= 4 is 23.5 Å². The number of carbonyl (C=O) groups excluding carboxylic acids is 3. The highest BCUT2D eigenvalue weighted by Crippen LogP contribution is 2.65. The molecule has 2 N–H and O–H groups in total. The fraction of sp³-hybridized carbons (Fsp3) is 0.646. The Bertz CT molecular complexity index is 1960. The molecule has 4 aliphatic heterocycles. The molecule has 8 atom stereocenters. The summed E-state index contributed by atoms with van der Waals surface area (Å²) in [5.74, 6) is -1.52. The number of hydrogen-bond acceptors (Lipinski definition) is 10. The van der Waals surface area contributed by atoms with Crippen LogP contribution in [0.15, 0.2) is 41.0 Å². The van der Waals surface area contributed by atoms with Gasteiger partial charge < -0.3 is 34.1 Å². The van der Waals surface area contributed by atoms with Gasteiger partial charge in [-0.1, -0.05) is 43.2 Å². The van der Waals surface area contributed by atoms with Crippen molar-refractivity contribution in [2.45, 2.75) is 118 Å². The number of nitrogens with zero attached hydrogens (tertiary/aromatic N) is 2. The highest BCUT2D eigenvalue weighted by atomic mass is 16.5. The molecule has 6 aliphatic rings. The van der Waals surface area contributed by atoms with Crippen molar-refractivity contribution in [3.8, 4) is 17.2 Å². The van der Waals surface area contributed by atoms with E-state index in [-0.39, 0.29) is 47.2 Å². The second-order valence-electron chi connectivity index (χ2n) is 19.2. The van der Waals surface area contributed by atoms with Crippen molar-refractivity contribution < 1.29 is 43.5 Å². The van der Waals surface area contributed by atoms with E-state index >= 15 is 4.79 Å². The summed E-state index contributed by atoms with van der Waals surface area (Å²) in [5, 5.41) is 25.0. The number of rotatable bonds is 11. The molecule has 0 aromatic heterocycles. The Morgan fingerprint density at radius 2 is 1.58 bits per heavy atom. The number of ether oxygens (including phenoxy) is 4.